The molecule has 3 rings (SSSR count). The summed E-state index contributed by atoms with van der Waals surface area (Å²) >= 11 is 0. The van der Waals surface area contributed by atoms with Crippen LogP contribution in [-0.4, -0.2) is 23.5 Å². The molecular formula is C23H18N2O4. The highest BCUT2D eigenvalue weighted by Crippen LogP contribution is 2.24. The average Bonchev–Trinajstić information content (AvgIpc) is 3.21. The van der Waals surface area contributed by atoms with Crippen LogP contribution in [0.2, 0.25) is 0 Å². The maximum absolute atomic E-state index is 12.2. The Balaban J connectivity index is 1.65. The highest BCUT2D eigenvalue weighted by atomic mass is 16.4. The normalized spacial score (nSPS) is 10.9. The van der Waals surface area contributed by atoms with E-state index < -0.39 is 11.9 Å². The van der Waals surface area contributed by atoms with Crippen LogP contribution in [0.3, 0.4) is 0 Å². The first-order valence-electron chi connectivity index (χ1n) is 8.94. The molecule has 6 heteroatoms. The summed E-state index contributed by atoms with van der Waals surface area (Å²) in [6.07, 6.45) is 2.05. The van der Waals surface area contributed by atoms with Gasteiger partial charge in [-0.3, -0.25) is 4.79 Å². The summed E-state index contributed by atoms with van der Waals surface area (Å²) in [7, 11) is 0. The number of amides is 1. The van der Waals surface area contributed by atoms with Crippen molar-refractivity contribution in [1.82, 2.24) is 5.32 Å². The van der Waals surface area contributed by atoms with Gasteiger partial charge in [-0.2, -0.15) is 5.26 Å². The van der Waals surface area contributed by atoms with Crippen LogP contribution in [0.1, 0.15) is 21.7 Å². The number of benzene rings is 2. The van der Waals surface area contributed by atoms with Crippen molar-refractivity contribution in [3.05, 3.63) is 89.2 Å². The maximum Gasteiger partial charge on any atom is 0.335 e. The van der Waals surface area contributed by atoms with Crippen molar-refractivity contribution < 1.29 is 19.1 Å². The zero-order chi connectivity index (χ0) is 20.6. The van der Waals surface area contributed by atoms with Crippen molar-refractivity contribution in [3.8, 4) is 17.4 Å². The molecule has 0 unspecified atom stereocenters. The Hall–Kier alpha value is -4.11. The molecule has 6 nitrogen and oxygen atoms in total. The van der Waals surface area contributed by atoms with Gasteiger partial charge < -0.3 is 14.8 Å². The highest BCUT2D eigenvalue weighted by molar-refractivity contribution is 6.01. The van der Waals surface area contributed by atoms with Gasteiger partial charge in [0.2, 0.25) is 0 Å². The van der Waals surface area contributed by atoms with E-state index in [2.05, 4.69) is 5.32 Å². The number of rotatable bonds is 7. The largest absolute Gasteiger partial charge is 0.478 e. The van der Waals surface area contributed by atoms with E-state index in [1.165, 1.54) is 18.2 Å². The highest BCUT2D eigenvalue weighted by Gasteiger charge is 2.11. The number of carbonyl (C=O) groups is 2. The number of carboxylic acids is 1. The first kappa shape index (κ1) is 19.6. The molecule has 2 N–H and O–H groups in total. The summed E-state index contributed by atoms with van der Waals surface area (Å²) in [4.78, 5) is 23.2. The maximum atomic E-state index is 12.2. The number of carboxylic acid groups (broad SMARTS) is 1. The zero-order valence-corrected chi connectivity index (χ0v) is 15.5. The number of nitrogens with one attached hydrogen (secondary N) is 1. The molecule has 0 radical (unpaired) electrons. The Morgan fingerprint density at radius 2 is 1.76 bits per heavy atom. The molecule has 3 aromatic rings. The van der Waals surface area contributed by atoms with E-state index in [1.54, 1.807) is 24.3 Å². The molecule has 0 aliphatic rings. The fourth-order valence-electron chi connectivity index (χ4n) is 2.71. The third-order valence-corrected chi connectivity index (χ3v) is 4.24. The minimum atomic E-state index is -1.00. The lowest BCUT2D eigenvalue weighted by atomic mass is 10.1. The van der Waals surface area contributed by atoms with E-state index in [0.717, 1.165) is 5.56 Å². The molecule has 1 heterocycles. The lowest BCUT2D eigenvalue weighted by Gasteiger charge is -2.04. The van der Waals surface area contributed by atoms with Crippen molar-refractivity contribution in [2.24, 2.45) is 0 Å². The Morgan fingerprint density at radius 1 is 1.03 bits per heavy atom. The van der Waals surface area contributed by atoms with Gasteiger partial charge in [0.15, 0.2) is 0 Å². The smallest absolute Gasteiger partial charge is 0.335 e. The molecule has 0 atom stereocenters. The van der Waals surface area contributed by atoms with Gasteiger partial charge >= 0.3 is 5.97 Å². The molecule has 0 saturated heterocycles. The van der Waals surface area contributed by atoms with Gasteiger partial charge in [0.05, 0.1) is 5.56 Å². The van der Waals surface area contributed by atoms with Gasteiger partial charge in [0.25, 0.3) is 5.91 Å². The molecule has 0 fully saturated rings. The van der Waals surface area contributed by atoms with Crippen LogP contribution in [0.25, 0.3) is 17.4 Å². The van der Waals surface area contributed by atoms with E-state index in [0.29, 0.717) is 30.0 Å². The van der Waals surface area contributed by atoms with Gasteiger partial charge in [-0.05, 0) is 36.2 Å². The summed E-state index contributed by atoms with van der Waals surface area (Å²) in [5, 5.41) is 21.0. The van der Waals surface area contributed by atoms with Crippen molar-refractivity contribution in [2.45, 2.75) is 6.42 Å². The van der Waals surface area contributed by atoms with E-state index in [1.807, 2.05) is 36.4 Å². The molecule has 144 valence electrons. The van der Waals surface area contributed by atoms with E-state index in [-0.39, 0.29) is 11.1 Å². The Bertz CT molecular complexity index is 1070. The number of carbonyl (C=O) groups excluding carboxylic acids is 1. The summed E-state index contributed by atoms with van der Waals surface area (Å²) < 4.78 is 5.67. The Labute approximate surface area is 167 Å². The van der Waals surface area contributed by atoms with Crippen LogP contribution >= 0.6 is 0 Å². The zero-order valence-electron chi connectivity index (χ0n) is 15.5. The fraction of sp³-hybridized carbons (Fsp3) is 0.0870. The van der Waals surface area contributed by atoms with E-state index in [9.17, 15) is 14.9 Å². The van der Waals surface area contributed by atoms with Gasteiger partial charge in [-0.1, -0.05) is 42.5 Å². The van der Waals surface area contributed by atoms with Crippen molar-refractivity contribution in [1.29, 1.82) is 5.26 Å². The quantitative estimate of drug-likeness (QED) is 0.473. The summed E-state index contributed by atoms with van der Waals surface area (Å²) in [5.74, 6) is -0.601. The van der Waals surface area contributed by atoms with Crippen LogP contribution < -0.4 is 5.32 Å². The fourth-order valence-corrected chi connectivity index (χ4v) is 2.71. The van der Waals surface area contributed by atoms with Crippen LogP contribution in [0.15, 0.2) is 76.7 Å². The number of hydrogen-bond donors (Lipinski definition) is 2. The lowest BCUT2D eigenvalue weighted by Crippen LogP contribution is -2.26. The second-order valence-corrected chi connectivity index (χ2v) is 6.25. The van der Waals surface area contributed by atoms with E-state index >= 15 is 0 Å². The van der Waals surface area contributed by atoms with Crippen LogP contribution in [-0.2, 0) is 11.2 Å². The molecular weight excluding hydrogens is 368 g/mol. The SMILES string of the molecule is N#CC(=Cc1ccc(-c2ccc(C(=O)O)cc2)o1)C(=O)NCCc1ccccc1. The van der Waals surface area contributed by atoms with Gasteiger partial charge in [0.1, 0.15) is 23.2 Å². The average molecular weight is 386 g/mol. The summed E-state index contributed by atoms with van der Waals surface area (Å²) in [6.45, 7) is 0.418. The molecule has 0 aliphatic carbocycles. The van der Waals surface area contributed by atoms with Gasteiger partial charge in [-0.15, -0.1) is 0 Å². The molecule has 1 aromatic heterocycles. The minimum absolute atomic E-state index is 0.0554. The second-order valence-electron chi connectivity index (χ2n) is 6.25. The molecule has 0 saturated carbocycles. The molecule has 29 heavy (non-hydrogen) atoms. The first-order valence-corrected chi connectivity index (χ1v) is 8.94. The minimum Gasteiger partial charge on any atom is -0.478 e. The number of nitriles is 1. The van der Waals surface area contributed by atoms with Gasteiger partial charge in [-0.25, -0.2) is 4.79 Å². The molecule has 0 bridgehead atoms. The van der Waals surface area contributed by atoms with E-state index in [4.69, 9.17) is 9.52 Å². The predicted molar refractivity (Wildman–Crippen MR) is 108 cm³/mol. The molecule has 0 spiro atoms. The van der Waals surface area contributed by atoms with Crippen LogP contribution in [0.5, 0.6) is 0 Å². The van der Waals surface area contributed by atoms with Crippen molar-refractivity contribution in [2.75, 3.05) is 6.54 Å². The van der Waals surface area contributed by atoms with Crippen LogP contribution in [0.4, 0.5) is 0 Å². The number of hydrogen-bond acceptors (Lipinski definition) is 4. The van der Waals surface area contributed by atoms with Gasteiger partial charge in [0, 0.05) is 18.2 Å². The number of furan rings is 1. The van der Waals surface area contributed by atoms with Crippen LogP contribution in [0, 0.1) is 11.3 Å². The Kier molecular flexibility index (Phi) is 6.23. The first-order chi connectivity index (χ1) is 14.1. The third kappa shape index (κ3) is 5.21. The third-order valence-electron chi connectivity index (χ3n) is 4.24. The summed E-state index contributed by atoms with van der Waals surface area (Å²) in [6, 6.07) is 21.2. The topological polar surface area (TPSA) is 103 Å². The summed E-state index contributed by atoms with van der Waals surface area (Å²) in [5.41, 5.74) is 1.92. The number of aromatic carboxylic acids is 1. The Morgan fingerprint density at radius 3 is 2.41 bits per heavy atom. The molecule has 0 aliphatic heterocycles. The second kappa shape index (κ2) is 9.20. The lowest BCUT2D eigenvalue weighted by molar-refractivity contribution is -0.117. The monoisotopic (exact) mass is 386 g/mol. The van der Waals surface area contributed by atoms with Crippen molar-refractivity contribution in [3.63, 3.8) is 0 Å². The van der Waals surface area contributed by atoms with Crippen molar-refractivity contribution >= 4 is 18.0 Å². The standard InChI is InChI=1S/C23H18N2O4/c24-15-19(22(26)25-13-12-16-4-2-1-3-5-16)14-20-10-11-21(29-20)17-6-8-18(9-7-17)23(27)28/h1-11,14H,12-13H2,(H,25,26)(H,27,28). The predicted octanol–water partition coefficient (Wildman–Crippen LogP) is 3.91. The number of nitrogens with zero attached hydrogens (tertiary/aromatic N) is 1. The molecule has 2 aromatic carbocycles. The molecule has 1 amide bonds.